The van der Waals surface area contributed by atoms with Gasteiger partial charge in [0.05, 0.1) is 12.8 Å². The molecule has 0 bridgehead atoms. The average Bonchev–Trinajstić information content (AvgIpc) is 3.09. The molecular formula is C19H23F3N2O5. The highest BCUT2D eigenvalue weighted by atomic mass is 19.3. The first-order chi connectivity index (χ1) is 13.8. The molecule has 2 unspecified atom stereocenters. The van der Waals surface area contributed by atoms with Crippen molar-refractivity contribution in [2.45, 2.75) is 45.0 Å². The number of rotatable bonds is 11. The zero-order chi connectivity index (χ0) is 21.6. The number of carboxylic acid groups (broad SMARTS) is 1. The summed E-state index contributed by atoms with van der Waals surface area (Å²) in [5.74, 6) is -0.543. The van der Waals surface area contributed by atoms with Crippen LogP contribution in [0.4, 0.5) is 13.2 Å². The van der Waals surface area contributed by atoms with E-state index in [9.17, 15) is 18.0 Å². The van der Waals surface area contributed by atoms with Gasteiger partial charge in [0, 0.05) is 18.6 Å². The van der Waals surface area contributed by atoms with E-state index in [-0.39, 0.29) is 18.4 Å². The van der Waals surface area contributed by atoms with Crippen LogP contribution in [0.25, 0.3) is 11.3 Å². The van der Waals surface area contributed by atoms with Gasteiger partial charge in [0.15, 0.2) is 11.5 Å². The summed E-state index contributed by atoms with van der Waals surface area (Å²) in [6.45, 7) is 1.19. The van der Waals surface area contributed by atoms with Crippen LogP contribution in [0.5, 0.6) is 11.5 Å². The molecule has 0 radical (unpaired) electrons. The molecule has 1 heterocycles. The van der Waals surface area contributed by atoms with Gasteiger partial charge >= 0.3 is 5.97 Å². The molecule has 2 N–H and O–H groups in total. The van der Waals surface area contributed by atoms with Crippen molar-refractivity contribution in [1.82, 2.24) is 9.78 Å². The molecule has 0 spiro atoms. The molecule has 2 rings (SSSR count). The number of aliphatic carboxylic acids is 1. The lowest BCUT2D eigenvalue weighted by Gasteiger charge is -2.19. The van der Waals surface area contributed by atoms with Crippen LogP contribution in [0.15, 0.2) is 24.3 Å². The maximum absolute atomic E-state index is 13.8. The summed E-state index contributed by atoms with van der Waals surface area (Å²) >= 11 is 0. The first-order valence-corrected chi connectivity index (χ1v) is 8.98. The number of carboxylic acids is 1. The zero-order valence-electron chi connectivity index (χ0n) is 16.0. The minimum atomic E-state index is -3.28. The molecule has 0 saturated heterocycles. The Hall–Kier alpha value is -2.75. The highest BCUT2D eigenvalue weighted by Crippen LogP contribution is 2.35. The van der Waals surface area contributed by atoms with Crippen LogP contribution < -0.4 is 9.47 Å². The third kappa shape index (κ3) is 5.63. The van der Waals surface area contributed by atoms with Crippen molar-refractivity contribution in [3.8, 4) is 22.8 Å². The van der Waals surface area contributed by atoms with Gasteiger partial charge in [-0.1, -0.05) is 6.92 Å². The average molecular weight is 416 g/mol. The number of nitrogens with zero attached hydrogens (tertiary/aromatic N) is 2. The predicted octanol–water partition coefficient (Wildman–Crippen LogP) is 3.46. The van der Waals surface area contributed by atoms with Crippen LogP contribution in [0, 0.1) is 0 Å². The van der Waals surface area contributed by atoms with Gasteiger partial charge in [-0.2, -0.15) is 5.10 Å². The second kappa shape index (κ2) is 10.1. The Kier molecular flexibility index (Phi) is 7.89. The van der Waals surface area contributed by atoms with E-state index in [1.165, 1.54) is 13.2 Å². The quantitative estimate of drug-likeness (QED) is 0.583. The first-order valence-electron chi connectivity index (χ1n) is 8.98. The number of aliphatic hydroxyl groups is 1. The van der Waals surface area contributed by atoms with Crippen LogP contribution >= 0.6 is 0 Å². The highest BCUT2D eigenvalue weighted by molar-refractivity contribution is 5.70. The maximum atomic E-state index is 13.8. The van der Waals surface area contributed by atoms with Gasteiger partial charge in [-0.25, -0.2) is 13.2 Å². The van der Waals surface area contributed by atoms with E-state index in [4.69, 9.17) is 19.7 Å². The first kappa shape index (κ1) is 22.5. The summed E-state index contributed by atoms with van der Waals surface area (Å²) < 4.78 is 51.3. The molecule has 10 heteroatoms. The van der Waals surface area contributed by atoms with Crippen LogP contribution in [0.1, 0.15) is 31.6 Å². The monoisotopic (exact) mass is 416 g/mol. The summed E-state index contributed by atoms with van der Waals surface area (Å²) in [6, 6.07) is 5.76. The Labute approximate surface area is 165 Å². The molecule has 0 amide bonds. The second-order valence-electron chi connectivity index (χ2n) is 6.27. The largest absolute Gasteiger partial charge is 0.493 e. The molecule has 0 saturated carbocycles. The number of aliphatic hydroxyl groups excluding tert-OH is 1. The minimum absolute atomic E-state index is 0.0687. The van der Waals surface area contributed by atoms with Gasteiger partial charge in [-0.15, -0.1) is 0 Å². The van der Waals surface area contributed by atoms with Crippen molar-refractivity contribution < 1.29 is 37.7 Å². The number of hydrogen-bond donors (Lipinski definition) is 2. The normalized spacial score (nSPS) is 13.3. The Morgan fingerprint density at radius 1 is 1.24 bits per heavy atom. The highest BCUT2D eigenvalue weighted by Gasteiger charge is 2.27. The van der Waals surface area contributed by atoms with Crippen molar-refractivity contribution in [3.63, 3.8) is 0 Å². The number of ether oxygens (including phenoxy) is 2. The molecular weight excluding hydrogens is 393 g/mol. The Morgan fingerprint density at radius 2 is 1.97 bits per heavy atom. The lowest BCUT2D eigenvalue weighted by molar-refractivity contribution is -0.137. The molecule has 29 heavy (non-hydrogen) atoms. The molecule has 2 atom stereocenters. The van der Waals surface area contributed by atoms with Gasteiger partial charge in [0.2, 0.25) is 6.17 Å². The smallest absolute Gasteiger partial charge is 0.325 e. The number of halogens is 3. The van der Waals surface area contributed by atoms with Crippen LogP contribution in [0.3, 0.4) is 0 Å². The van der Waals surface area contributed by atoms with E-state index in [1.807, 2.05) is 6.92 Å². The molecule has 1 aromatic heterocycles. The van der Waals surface area contributed by atoms with E-state index >= 15 is 0 Å². The summed E-state index contributed by atoms with van der Waals surface area (Å²) in [4.78, 5) is 11.1. The van der Waals surface area contributed by atoms with Gasteiger partial charge in [0.25, 0.3) is 6.43 Å². The SMILES string of the molecule is CCC(CCO)Oc1cc(-c2cc(C(F)C(F)F)nn2CC(=O)O)ccc1OC. The van der Waals surface area contributed by atoms with E-state index in [2.05, 4.69) is 5.10 Å². The second-order valence-corrected chi connectivity index (χ2v) is 6.27. The number of methoxy groups -OCH3 is 1. The number of benzene rings is 1. The summed E-state index contributed by atoms with van der Waals surface area (Å²) in [7, 11) is 1.44. The molecule has 2 aromatic rings. The van der Waals surface area contributed by atoms with E-state index < -0.39 is 30.8 Å². The van der Waals surface area contributed by atoms with Crippen LogP contribution in [0.2, 0.25) is 0 Å². The van der Waals surface area contributed by atoms with Gasteiger partial charge < -0.3 is 19.7 Å². The lowest BCUT2D eigenvalue weighted by Crippen LogP contribution is -2.17. The van der Waals surface area contributed by atoms with E-state index in [0.29, 0.717) is 29.9 Å². The van der Waals surface area contributed by atoms with Crippen molar-refractivity contribution in [1.29, 1.82) is 0 Å². The fourth-order valence-corrected chi connectivity index (χ4v) is 2.78. The molecule has 1 aromatic carbocycles. The summed E-state index contributed by atoms with van der Waals surface area (Å²) in [6.07, 6.45) is -5.20. The Balaban J connectivity index is 2.49. The molecule has 0 aliphatic carbocycles. The van der Waals surface area contributed by atoms with Crippen LogP contribution in [-0.2, 0) is 11.3 Å². The fraction of sp³-hybridized carbons (Fsp3) is 0.474. The molecule has 7 nitrogen and oxygen atoms in total. The Morgan fingerprint density at radius 3 is 2.52 bits per heavy atom. The summed E-state index contributed by atoms with van der Waals surface area (Å²) in [5, 5.41) is 21.9. The maximum Gasteiger partial charge on any atom is 0.325 e. The van der Waals surface area contributed by atoms with Crippen molar-refractivity contribution >= 4 is 5.97 Å². The van der Waals surface area contributed by atoms with E-state index in [1.54, 1.807) is 12.1 Å². The summed E-state index contributed by atoms with van der Waals surface area (Å²) in [5.41, 5.74) is -0.0178. The van der Waals surface area contributed by atoms with Gasteiger partial charge in [-0.3, -0.25) is 9.48 Å². The third-order valence-electron chi connectivity index (χ3n) is 4.25. The molecule has 160 valence electrons. The lowest BCUT2D eigenvalue weighted by atomic mass is 10.1. The molecule has 0 aliphatic heterocycles. The fourth-order valence-electron chi connectivity index (χ4n) is 2.78. The third-order valence-corrected chi connectivity index (χ3v) is 4.25. The zero-order valence-corrected chi connectivity index (χ0v) is 16.0. The minimum Gasteiger partial charge on any atom is -0.493 e. The topological polar surface area (TPSA) is 93.8 Å². The number of alkyl halides is 3. The van der Waals surface area contributed by atoms with Crippen molar-refractivity contribution in [2.75, 3.05) is 13.7 Å². The number of aromatic nitrogens is 2. The van der Waals surface area contributed by atoms with Gasteiger partial charge in [0.1, 0.15) is 18.3 Å². The molecule has 0 fully saturated rings. The van der Waals surface area contributed by atoms with Crippen molar-refractivity contribution in [2.24, 2.45) is 0 Å². The van der Waals surface area contributed by atoms with E-state index in [0.717, 1.165) is 10.7 Å². The predicted molar refractivity (Wildman–Crippen MR) is 98.1 cm³/mol. The number of hydrogen-bond acceptors (Lipinski definition) is 5. The van der Waals surface area contributed by atoms with Crippen molar-refractivity contribution in [3.05, 3.63) is 30.0 Å². The molecule has 0 aliphatic rings. The van der Waals surface area contributed by atoms with Gasteiger partial charge in [-0.05, 0) is 30.7 Å². The van der Waals surface area contributed by atoms with Crippen LogP contribution in [-0.4, -0.2) is 52.2 Å². The Bertz CT molecular complexity index is 828. The number of carbonyl (C=O) groups is 1. The standard InChI is InChI=1S/C19H23F3N2O5/c1-3-12(6-7-25)29-16-8-11(4-5-15(16)28-2)14-9-13(18(20)19(21)22)23-24(14)10-17(26)27/h4-5,8-9,12,18-19,25H,3,6-7,10H2,1-2H3,(H,26,27).